The third-order valence-electron chi connectivity index (χ3n) is 4.72. The Morgan fingerprint density at radius 3 is 2.12 bits per heavy atom. The van der Waals surface area contributed by atoms with Crippen molar-refractivity contribution in [2.45, 2.75) is 73.6 Å². The Balaban J connectivity index is 0.000000508. The fraction of sp³-hybridized carbons (Fsp3) is 0.591. The monoisotopic (exact) mass is 364 g/mol. The number of ketones is 3. The van der Waals surface area contributed by atoms with E-state index in [1.807, 2.05) is 34.6 Å². The van der Waals surface area contributed by atoms with Gasteiger partial charge in [0.2, 0.25) is 0 Å². The van der Waals surface area contributed by atoms with Gasteiger partial charge in [0.05, 0.1) is 0 Å². The van der Waals surface area contributed by atoms with Crippen LogP contribution in [0.2, 0.25) is 0 Å². The van der Waals surface area contributed by atoms with Gasteiger partial charge >= 0.3 is 0 Å². The molecule has 0 spiro atoms. The normalized spacial score (nSPS) is 12.6. The molecule has 0 bridgehead atoms. The highest BCUT2D eigenvalue weighted by molar-refractivity contribution is 5.99. The standard InChI is InChI=1S/C13H17FO.C9H16O2/c1-4-9(3)13(15)12-8-11(14)7-6-10(12)5-2;1-4-9(11)6-5-7(2)8(3)10/h6-9H,4-5H2,1-3H3;7H,4-6H2,1-3H3. The van der Waals surface area contributed by atoms with Gasteiger partial charge in [-0.05, 0) is 43.9 Å². The van der Waals surface area contributed by atoms with E-state index in [1.54, 1.807) is 13.0 Å². The van der Waals surface area contributed by atoms with Crippen molar-refractivity contribution in [2.24, 2.45) is 11.8 Å². The van der Waals surface area contributed by atoms with Gasteiger partial charge in [0.1, 0.15) is 17.4 Å². The van der Waals surface area contributed by atoms with Gasteiger partial charge in [0, 0.05) is 30.2 Å². The molecule has 146 valence electrons. The van der Waals surface area contributed by atoms with Crippen LogP contribution in [0.25, 0.3) is 0 Å². The van der Waals surface area contributed by atoms with Gasteiger partial charge in [-0.3, -0.25) is 14.4 Å². The second-order valence-electron chi connectivity index (χ2n) is 6.77. The number of carbonyl (C=O) groups is 3. The van der Waals surface area contributed by atoms with Crippen LogP contribution in [0.3, 0.4) is 0 Å². The van der Waals surface area contributed by atoms with Gasteiger partial charge < -0.3 is 0 Å². The summed E-state index contributed by atoms with van der Waals surface area (Å²) in [6.45, 7) is 11.1. The molecule has 2 unspecified atom stereocenters. The molecule has 1 aromatic carbocycles. The molecule has 0 fully saturated rings. The number of halogens is 1. The summed E-state index contributed by atoms with van der Waals surface area (Å²) in [6, 6.07) is 4.46. The second-order valence-corrected chi connectivity index (χ2v) is 6.77. The van der Waals surface area contributed by atoms with E-state index >= 15 is 0 Å². The number of hydrogen-bond donors (Lipinski definition) is 0. The topological polar surface area (TPSA) is 51.2 Å². The molecule has 0 heterocycles. The van der Waals surface area contributed by atoms with Gasteiger partial charge in [-0.25, -0.2) is 4.39 Å². The van der Waals surface area contributed by atoms with E-state index in [9.17, 15) is 18.8 Å². The minimum absolute atomic E-state index is 0.0305. The van der Waals surface area contributed by atoms with Gasteiger partial charge in [0.25, 0.3) is 0 Å². The lowest BCUT2D eigenvalue weighted by Crippen LogP contribution is -2.12. The highest BCUT2D eigenvalue weighted by Gasteiger charge is 2.16. The Morgan fingerprint density at radius 1 is 1.04 bits per heavy atom. The number of carbonyl (C=O) groups excluding carboxylic acids is 3. The van der Waals surface area contributed by atoms with Crippen molar-refractivity contribution < 1.29 is 18.8 Å². The van der Waals surface area contributed by atoms with Gasteiger partial charge in [0.15, 0.2) is 5.78 Å². The van der Waals surface area contributed by atoms with Gasteiger partial charge in [-0.2, -0.15) is 0 Å². The Hall–Kier alpha value is -1.84. The number of aryl methyl sites for hydroxylation is 1. The van der Waals surface area contributed by atoms with Gasteiger partial charge in [-0.15, -0.1) is 0 Å². The lowest BCUT2D eigenvalue weighted by atomic mass is 9.92. The zero-order chi connectivity index (χ0) is 20.3. The molecule has 0 amide bonds. The maximum absolute atomic E-state index is 13.1. The van der Waals surface area contributed by atoms with Crippen LogP contribution >= 0.6 is 0 Å². The average molecular weight is 365 g/mol. The third-order valence-corrected chi connectivity index (χ3v) is 4.72. The van der Waals surface area contributed by atoms with Crippen LogP contribution in [0.4, 0.5) is 4.39 Å². The summed E-state index contributed by atoms with van der Waals surface area (Å²) < 4.78 is 13.1. The van der Waals surface area contributed by atoms with Crippen LogP contribution < -0.4 is 0 Å². The first-order valence-corrected chi connectivity index (χ1v) is 9.52. The molecule has 2 atom stereocenters. The maximum atomic E-state index is 13.1. The summed E-state index contributed by atoms with van der Waals surface area (Å²) in [6.07, 6.45) is 3.40. The summed E-state index contributed by atoms with van der Waals surface area (Å²) in [7, 11) is 0. The molecule has 0 saturated heterocycles. The molecule has 26 heavy (non-hydrogen) atoms. The van der Waals surface area contributed by atoms with E-state index < -0.39 is 0 Å². The summed E-state index contributed by atoms with van der Waals surface area (Å²) in [5.41, 5.74) is 1.48. The quantitative estimate of drug-likeness (QED) is 0.537. The fourth-order valence-corrected chi connectivity index (χ4v) is 2.29. The molecule has 4 heteroatoms. The van der Waals surface area contributed by atoms with Gasteiger partial charge in [-0.1, -0.05) is 40.7 Å². The predicted octanol–water partition coefficient (Wildman–Crippen LogP) is 5.59. The van der Waals surface area contributed by atoms with Crippen LogP contribution in [0.1, 0.15) is 83.1 Å². The summed E-state index contributed by atoms with van der Waals surface area (Å²) in [5, 5.41) is 0. The predicted molar refractivity (Wildman–Crippen MR) is 104 cm³/mol. The molecular weight excluding hydrogens is 331 g/mol. The van der Waals surface area contributed by atoms with Crippen LogP contribution in [-0.4, -0.2) is 17.3 Å². The van der Waals surface area contributed by atoms with Crippen molar-refractivity contribution in [3.63, 3.8) is 0 Å². The van der Waals surface area contributed by atoms with Crippen LogP contribution in [-0.2, 0) is 16.0 Å². The van der Waals surface area contributed by atoms with E-state index in [-0.39, 0.29) is 35.0 Å². The SMILES string of the molecule is CCC(=O)CCC(C)C(C)=O.CCc1ccc(F)cc1C(=O)C(C)CC. The molecule has 0 N–H and O–H groups in total. The fourth-order valence-electron chi connectivity index (χ4n) is 2.29. The van der Waals surface area contributed by atoms with Crippen LogP contribution in [0.15, 0.2) is 18.2 Å². The number of Topliss-reactive ketones (excluding diaryl/α,β-unsaturated/α-hetero) is 3. The van der Waals surface area contributed by atoms with Crippen molar-refractivity contribution >= 4 is 17.3 Å². The molecule has 0 aromatic heterocycles. The molecular formula is C22H33FO3. The zero-order valence-corrected chi connectivity index (χ0v) is 17.0. The molecule has 0 aliphatic rings. The minimum atomic E-state index is -0.334. The Bertz CT molecular complexity index is 607. The molecule has 0 aliphatic carbocycles. The van der Waals surface area contributed by atoms with E-state index in [2.05, 4.69) is 0 Å². The van der Waals surface area contributed by atoms with Crippen molar-refractivity contribution in [3.05, 3.63) is 35.1 Å². The molecule has 0 radical (unpaired) electrons. The number of rotatable bonds is 9. The van der Waals surface area contributed by atoms with Crippen molar-refractivity contribution in [2.75, 3.05) is 0 Å². The zero-order valence-electron chi connectivity index (χ0n) is 17.0. The van der Waals surface area contributed by atoms with E-state index in [4.69, 9.17) is 0 Å². The first-order chi connectivity index (χ1) is 12.2. The summed E-state index contributed by atoms with van der Waals surface area (Å²) >= 11 is 0. The van der Waals surface area contributed by atoms with Crippen molar-refractivity contribution in [1.29, 1.82) is 0 Å². The van der Waals surface area contributed by atoms with Crippen molar-refractivity contribution in [1.82, 2.24) is 0 Å². The average Bonchev–Trinajstić information content (AvgIpc) is 2.64. The van der Waals surface area contributed by atoms with Crippen LogP contribution in [0, 0.1) is 17.7 Å². The van der Waals surface area contributed by atoms with E-state index in [1.165, 1.54) is 12.1 Å². The van der Waals surface area contributed by atoms with Crippen LogP contribution in [0.5, 0.6) is 0 Å². The molecule has 1 rings (SSSR count). The second kappa shape index (κ2) is 12.5. The molecule has 3 nitrogen and oxygen atoms in total. The summed E-state index contributed by atoms with van der Waals surface area (Å²) in [4.78, 5) is 33.5. The molecule has 1 aromatic rings. The van der Waals surface area contributed by atoms with E-state index in [0.29, 0.717) is 24.8 Å². The Labute approximate surface area is 157 Å². The maximum Gasteiger partial charge on any atom is 0.166 e. The molecule has 0 saturated carbocycles. The minimum Gasteiger partial charge on any atom is -0.300 e. The van der Waals surface area contributed by atoms with Crippen molar-refractivity contribution in [3.8, 4) is 0 Å². The smallest absolute Gasteiger partial charge is 0.166 e. The highest BCUT2D eigenvalue weighted by Crippen LogP contribution is 2.18. The Morgan fingerprint density at radius 2 is 1.65 bits per heavy atom. The highest BCUT2D eigenvalue weighted by atomic mass is 19.1. The number of hydrogen-bond acceptors (Lipinski definition) is 3. The lowest BCUT2D eigenvalue weighted by molar-refractivity contribution is -0.121. The van der Waals surface area contributed by atoms with E-state index in [0.717, 1.165) is 18.4 Å². The molecule has 0 aliphatic heterocycles. The first-order valence-electron chi connectivity index (χ1n) is 9.52. The largest absolute Gasteiger partial charge is 0.300 e. The number of benzene rings is 1. The third kappa shape index (κ3) is 8.50. The lowest BCUT2D eigenvalue weighted by Gasteiger charge is -2.11. The Kier molecular flexibility index (Phi) is 11.6. The first kappa shape index (κ1) is 24.2. The summed E-state index contributed by atoms with van der Waals surface area (Å²) in [5.74, 6) is 0.155.